The SMILES string of the molecule is CCCNC(=O)Nc1ccc(C(N)=O)c(C)c1. The molecule has 0 radical (unpaired) electrons. The maximum Gasteiger partial charge on any atom is 0.319 e. The van der Waals surface area contributed by atoms with Gasteiger partial charge in [-0.1, -0.05) is 6.92 Å². The zero-order valence-corrected chi connectivity index (χ0v) is 10.0. The van der Waals surface area contributed by atoms with Gasteiger partial charge in [0.2, 0.25) is 5.91 Å². The van der Waals surface area contributed by atoms with Gasteiger partial charge in [-0.3, -0.25) is 4.79 Å². The van der Waals surface area contributed by atoms with Gasteiger partial charge in [0.05, 0.1) is 0 Å². The maximum atomic E-state index is 11.4. The normalized spacial score (nSPS) is 9.76. The lowest BCUT2D eigenvalue weighted by Gasteiger charge is -2.08. The van der Waals surface area contributed by atoms with E-state index in [0.29, 0.717) is 17.8 Å². The first-order valence-electron chi connectivity index (χ1n) is 5.50. The zero-order chi connectivity index (χ0) is 12.8. The molecule has 17 heavy (non-hydrogen) atoms. The van der Waals surface area contributed by atoms with Gasteiger partial charge in [-0.25, -0.2) is 4.79 Å². The Balaban J connectivity index is 2.70. The van der Waals surface area contributed by atoms with Crippen LogP contribution in [0.3, 0.4) is 0 Å². The van der Waals surface area contributed by atoms with Gasteiger partial charge in [0.25, 0.3) is 0 Å². The third-order valence-electron chi connectivity index (χ3n) is 2.29. The molecule has 4 N–H and O–H groups in total. The highest BCUT2D eigenvalue weighted by atomic mass is 16.2. The van der Waals surface area contributed by atoms with Crippen LogP contribution in [0.15, 0.2) is 18.2 Å². The van der Waals surface area contributed by atoms with Crippen LogP contribution >= 0.6 is 0 Å². The molecule has 3 amide bonds. The van der Waals surface area contributed by atoms with Gasteiger partial charge in [0.1, 0.15) is 0 Å². The summed E-state index contributed by atoms with van der Waals surface area (Å²) in [6.45, 7) is 4.38. The summed E-state index contributed by atoms with van der Waals surface area (Å²) in [5, 5.41) is 5.38. The highest BCUT2D eigenvalue weighted by Gasteiger charge is 2.06. The Bertz CT molecular complexity index is 430. The van der Waals surface area contributed by atoms with Gasteiger partial charge < -0.3 is 16.4 Å². The van der Waals surface area contributed by atoms with E-state index in [1.165, 1.54) is 0 Å². The number of hydrogen-bond acceptors (Lipinski definition) is 2. The Morgan fingerprint density at radius 3 is 2.59 bits per heavy atom. The number of hydrogen-bond donors (Lipinski definition) is 3. The molecule has 0 aromatic heterocycles. The number of benzene rings is 1. The number of carbonyl (C=O) groups excluding carboxylic acids is 2. The van der Waals surface area contributed by atoms with Crippen molar-refractivity contribution in [2.24, 2.45) is 5.73 Å². The zero-order valence-electron chi connectivity index (χ0n) is 10.0. The number of primary amides is 1. The lowest BCUT2D eigenvalue weighted by Crippen LogP contribution is -2.29. The Kier molecular flexibility index (Phi) is 4.51. The number of carbonyl (C=O) groups is 2. The molecule has 0 aliphatic heterocycles. The van der Waals surface area contributed by atoms with E-state index in [1.54, 1.807) is 25.1 Å². The van der Waals surface area contributed by atoms with E-state index >= 15 is 0 Å². The van der Waals surface area contributed by atoms with E-state index in [1.807, 2.05) is 6.92 Å². The third kappa shape index (κ3) is 3.79. The number of nitrogens with one attached hydrogen (secondary N) is 2. The number of amides is 3. The molecule has 0 aliphatic rings. The van der Waals surface area contributed by atoms with Crippen LogP contribution in [-0.2, 0) is 0 Å². The smallest absolute Gasteiger partial charge is 0.319 e. The summed E-state index contributed by atoms with van der Waals surface area (Å²) >= 11 is 0. The first-order chi connectivity index (χ1) is 8.04. The largest absolute Gasteiger partial charge is 0.366 e. The van der Waals surface area contributed by atoms with E-state index in [2.05, 4.69) is 10.6 Å². The third-order valence-corrected chi connectivity index (χ3v) is 2.29. The summed E-state index contributed by atoms with van der Waals surface area (Å²) < 4.78 is 0. The van der Waals surface area contributed by atoms with E-state index in [0.717, 1.165) is 12.0 Å². The van der Waals surface area contributed by atoms with Crippen LogP contribution in [-0.4, -0.2) is 18.5 Å². The molecule has 1 aromatic carbocycles. The van der Waals surface area contributed by atoms with Crippen molar-refractivity contribution in [2.45, 2.75) is 20.3 Å². The van der Waals surface area contributed by atoms with E-state index < -0.39 is 5.91 Å². The Morgan fingerprint density at radius 1 is 1.35 bits per heavy atom. The van der Waals surface area contributed by atoms with Gasteiger partial charge >= 0.3 is 6.03 Å². The van der Waals surface area contributed by atoms with Crippen LogP contribution in [0.2, 0.25) is 0 Å². The first kappa shape index (κ1) is 13.0. The average molecular weight is 235 g/mol. The second-order valence-corrected chi connectivity index (χ2v) is 3.77. The van der Waals surface area contributed by atoms with Crippen LogP contribution < -0.4 is 16.4 Å². The van der Waals surface area contributed by atoms with Gasteiger partial charge in [0.15, 0.2) is 0 Å². The monoisotopic (exact) mass is 235 g/mol. The van der Waals surface area contributed by atoms with Gasteiger partial charge in [-0.15, -0.1) is 0 Å². The minimum atomic E-state index is -0.468. The minimum absolute atomic E-state index is 0.252. The molecule has 0 atom stereocenters. The fraction of sp³-hybridized carbons (Fsp3) is 0.333. The molecule has 5 heteroatoms. The Morgan fingerprint density at radius 2 is 2.06 bits per heavy atom. The van der Waals surface area contributed by atoms with E-state index in [4.69, 9.17) is 5.73 Å². The molecule has 0 unspecified atom stereocenters. The average Bonchev–Trinajstić information content (AvgIpc) is 2.26. The van der Waals surface area contributed by atoms with Crippen molar-refractivity contribution in [1.82, 2.24) is 5.32 Å². The maximum absolute atomic E-state index is 11.4. The standard InChI is InChI=1S/C12H17N3O2/c1-3-6-14-12(17)15-9-4-5-10(11(13)16)8(2)7-9/h4-5,7H,3,6H2,1-2H3,(H2,13,16)(H2,14,15,17). The molecule has 0 bridgehead atoms. The summed E-state index contributed by atoms with van der Waals surface area (Å²) in [4.78, 5) is 22.4. The highest BCUT2D eigenvalue weighted by Crippen LogP contribution is 2.14. The second-order valence-electron chi connectivity index (χ2n) is 3.77. The van der Waals surface area contributed by atoms with Crippen molar-refractivity contribution in [3.05, 3.63) is 29.3 Å². The van der Waals surface area contributed by atoms with Crippen molar-refractivity contribution in [1.29, 1.82) is 0 Å². The molecule has 1 aromatic rings. The molecular weight excluding hydrogens is 218 g/mol. The number of nitrogens with two attached hydrogens (primary N) is 1. The first-order valence-corrected chi connectivity index (χ1v) is 5.50. The van der Waals surface area contributed by atoms with Crippen molar-refractivity contribution in [2.75, 3.05) is 11.9 Å². The molecule has 0 saturated heterocycles. The molecular formula is C12H17N3O2. The summed E-state index contributed by atoms with van der Waals surface area (Å²) in [6.07, 6.45) is 0.882. The van der Waals surface area contributed by atoms with Crippen LogP contribution in [0, 0.1) is 6.92 Å². The Labute approximate surface area is 100 Å². The number of aryl methyl sites for hydroxylation is 1. The molecule has 1 rings (SSSR count). The minimum Gasteiger partial charge on any atom is -0.366 e. The summed E-state index contributed by atoms with van der Waals surface area (Å²) in [5.74, 6) is -0.468. The van der Waals surface area contributed by atoms with Crippen molar-refractivity contribution in [3.63, 3.8) is 0 Å². The molecule has 0 spiro atoms. The van der Waals surface area contributed by atoms with Gasteiger partial charge in [-0.2, -0.15) is 0 Å². The topological polar surface area (TPSA) is 84.2 Å². The number of urea groups is 1. The highest BCUT2D eigenvalue weighted by molar-refractivity contribution is 5.95. The van der Waals surface area contributed by atoms with Crippen LogP contribution in [0.25, 0.3) is 0 Å². The second kappa shape index (κ2) is 5.89. The summed E-state index contributed by atoms with van der Waals surface area (Å²) in [6, 6.07) is 4.72. The molecule has 0 fully saturated rings. The van der Waals surface area contributed by atoms with Crippen molar-refractivity contribution >= 4 is 17.6 Å². The van der Waals surface area contributed by atoms with E-state index in [9.17, 15) is 9.59 Å². The van der Waals surface area contributed by atoms with Gasteiger partial charge in [0, 0.05) is 17.8 Å². The quantitative estimate of drug-likeness (QED) is 0.741. The lowest BCUT2D eigenvalue weighted by atomic mass is 10.1. The van der Waals surface area contributed by atoms with Crippen LogP contribution in [0.5, 0.6) is 0 Å². The number of rotatable bonds is 4. The van der Waals surface area contributed by atoms with Crippen LogP contribution in [0.4, 0.5) is 10.5 Å². The summed E-state index contributed by atoms with van der Waals surface area (Å²) in [7, 11) is 0. The molecule has 0 saturated carbocycles. The molecule has 92 valence electrons. The van der Waals surface area contributed by atoms with Crippen molar-refractivity contribution < 1.29 is 9.59 Å². The van der Waals surface area contributed by atoms with Crippen LogP contribution in [0.1, 0.15) is 29.3 Å². The van der Waals surface area contributed by atoms with E-state index in [-0.39, 0.29) is 6.03 Å². The fourth-order valence-corrected chi connectivity index (χ4v) is 1.43. The molecule has 0 heterocycles. The Hall–Kier alpha value is -2.04. The fourth-order valence-electron chi connectivity index (χ4n) is 1.43. The van der Waals surface area contributed by atoms with Gasteiger partial charge in [-0.05, 0) is 37.1 Å². The van der Waals surface area contributed by atoms with Crippen molar-refractivity contribution in [3.8, 4) is 0 Å². The lowest BCUT2D eigenvalue weighted by molar-refractivity contribution is 0.0999. The molecule has 5 nitrogen and oxygen atoms in total. The number of anilines is 1. The predicted octanol–water partition coefficient (Wildman–Crippen LogP) is 1.63. The summed E-state index contributed by atoms with van der Waals surface area (Å²) in [5.41, 5.74) is 7.04. The predicted molar refractivity (Wildman–Crippen MR) is 67.0 cm³/mol. The molecule has 0 aliphatic carbocycles.